The van der Waals surface area contributed by atoms with Gasteiger partial charge in [0.05, 0.1) is 4.47 Å². The summed E-state index contributed by atoms with van der Waals surface area (Å²) in [7, 11) is 0. The number of fused-ring (bicyclic) bond motifs is 1. The number of alkyl halides is 2. The van der Waals surface area contributed by atoms with Gasteiger partial charge in [-0.05, 0) is 15.9 Å². The minimum Gasteiger partial charge on any atom is -0.296 e. The van der Waals surface area contributed by atoms with Gasteiger partial charge in [0.2, 0.25) is 0 Å². The molecule has 2 aromatic heterocycles. The molecule has 1 N–H and O–H groups in total. The second kappa shape index (κ2) is 3.16. The minimum atomic E-state index is -2.74. The highest BCUT2D eigenvalue weighted by atomic mass is 79.9. The van der Waals surface area contributed by atoms with E-state index >= 15 is 0 Å². The van der Waals surface area contributed by atoms with Gasteiger partial charge in [0.15, 0.2) is 5.65 Å². The molecule has 74 valence electrons. The third-order valence-corrected chi connectivity index (χ3v) is 2.28. The molecule has 2 heterocycles. The zero-order valence-electron chi connectivity index (χ0n) is 6.67. The van der Waals surface area contributed by atoms with Crippen molar-refractivity contribution in [3.63, 3.8) is 0 Å². The van der Waals surface area contributed by atoms with Crippen LogP contribution in [-0.4, -0.2) is 14.6 Å². The van der Waals surface area contributed by atoms with Gasteiger partial charge in [0, 0.05) is 12.3 Å². The molecule has 0 amide bonds. The van der Waals surface area contributed by atoms with Crippen LogP contribution in [0, 0.1) is 0 Å². The molecular weight excluding hydrogens is 260 g/mol. The van der Waals surface area contributed by atoms with E-state index in [0.717, 1.165) is 10.6 Å². The monoisotopic (exact) mass is 263 g/mol. The maximum Gasteiger partial charge on any atom is 0.280 e. The number of nitrogens with one attached hydrogen (secondary N) is 1. The SMILES string of the molecule is O=c1cc(C(F)F)nc2c(Br)c[nH]n12. The molecule has 0 bridgehead atoms. The molecule has 2 rings (SSSR count). The Hall–Kier alpha value is -1.24. The molecule has 4 nitrogen and oxygen atoms in total. The van der Waals surface area contributed by atoms with Gasteiger partial charge in [-0.25, -0.2) is 18.3 Å². The molecule has 0 saturated heterocycles. The summed E-state index contributed by atoms with van der Waals surface area (Å²) >= 11 is 3.09. The molecule has 0 unspecified atom stereocenters. The summed E-state index contributed by atoms with van der Waals surface area (Å²) in [6, 6.07) is 0.806. The van der Waals surface area contributed by atoms with Gasteiger partial charge in [-0.3, -0.25) is 9.89 Å². The maximum atomic E-state index is 12.3. The van der Waals surface area contributed by atoms with Crippen molar-refractivity contribution in [2.24, 2.45) is 0 Å². The zero-order chi connectivity index (χ0) is 10.3. The van der Waals surface area contributed by atoms with Crippen molar-refractivity contribution in [2.45, 2.75) is 6.43 Å². The Bertz CT molecular complexity index is 533. The number of H-pyrrole nitrogens is 1. The molecule has 0 atom stereocenters. The van der Waals surface area contributed by atoms with Gasteiger partial charge in [0.25, 0.3) is 12.0 Å². The van der Waals surface area contributed by atoms with E-state index in [4.69, 9.17) is 0 Å². The molecule has 14 heavy (non-hydrogen) atoms. The summed E-state index contributed by atoms with van der Waals surface area (Å²) < 4.78 is 26.1. The Labute approximate surface area is 84.7 Å². The summed E-state index contributed by atoms with van der Waals surface area (Å²) in [5, 5.41) is 2.57. The van der Waals surface area contributed by atoms with Crippen LogP contribution in [0.5, 0.6) is 0 Å². The predicted octanol–water partition coefficient (Wildman–Crippen LogP) is 1.72. The number of rotatable bonds is 1. The lowest BCUT2D eigenvalue weighted by molar-refractivity contribution is 0.146. The minimum absolute atomic E-state index is 0.160. The molecular formula is C7H4BrF2N3O. The molecule has 7 heteroatoms. The van der Waals surface area contributed by atoms with E-state index in [9.17, 15) is 13.6 Å². The van der Waals surface area contributed by atoms with Crippen molar-refractivity contribution in [3.8, 4) is 0 Å². The van der Waals surface area contributed by atoms with Crippen molar-refractivity contribution in [2.75, 3.05) is 0 Å². The second-order valence-electron chi connectivity index (χ2n) is 2.60. The third kappa shape index (κ3) is 1.33. The van der Waals surface area contributed by atoms with Crippen molar-refractivity contribution >= 4 is 21.6 Å². The van der Waals surface area contributed by atoms with E-state index in [0.29, 0.717) is 4.47 Å². The van der Waals surface area contributed by atoms with Crippen LogP contribution in [0.2, 0.25) is 0 Å². The number of halogens is 3. The first-order valence-corrected chi connectivity index (χ1v) is 4.43. The highest BCUT2D eigenvalue weighted by molar-refractivity contribution is 9.10. The highest BCUT2D eigenvalue weighted by Gasteiger charge is 2.13. The van der Waals surface area contributed by atoms with Crippen LogP contribution in [-0.2, 0) is 0 Å². The highest BCUT2D eigenvalue weighted by Crippen LogP contribution is 2.18. The first-order chi connectivity index (χ1) is 6.59. The molecule has 2 aromatic rings. The lowest BCUT2D eigenvalue weighted by atomic mass is 10.4. The number of hydrogen-bond acceptors (Lipinski definition) is 2. The lowest BCUT2D eigenvalue weighted by Gasteiger charge is -1.98. The molecule has 0 aliphatic carbocycles. The summed E-state index contributed by atoms with van der Waals surface area (Å²) in [6.45, 7) is 0. The van der Waals surface area contributed by atoms with E-state index in [2.05, 4.69) is 26.0 Å². The van der Waals surface area contributed by atoms with Crippen LogP contribution < -0.4 is 5.56 Å². The maximum absolute atomic E-state index is 12.3. The Morgan fingerprint density at radius 2 is 2.29 bits per heavy atom. The normalized spacial score (nSPS) is 11.4. The number of aromatic amines is 1. The number of aromatic nitrogens is 3. The van der Waals surface area contributed by atoms with Crippen LogP contribution in [0.15, 0.2) is 21.5 Å². The second-order valence-corrected chi connectivity index (χ2v) is 3.45. The molecule has 0 radical (unpaired) electrons. The van der Waals surface area contributed by atoms with Crippen molar-refractivity contribution < 1.29 is 8.78 Å². The van der Waals surface area contributed by atoms with Gasteiger partial charge in [-0.15, -0.1) is 0 Å². The lowest BCUT2D eigenvalue weighted by Crippen LogP contribution is -2.15. The van der Waals surface area contributed by atoms with Crippen molar-refractivity contribution in [1.29, 1.82) is 0 Å². The largest absolute Gasteiger partial charge is 0.296 e. The van der Waals surface area contributed by atoms with Crippen molar-refractivity contribution in [1.82, 2.24) is 14.6 Å². The molecule has 0 saturated carbocycles. The summed E-state index contributed by atoms with van der Waals surface area (Å²) in [5.74, 6) is 0. The van der Waals surface area contributed by atoms with E-state index in [1.165, 1.54) is 6.20 Å². The Kier molecular flexibility index (Phi) is 2.10. The fourth-order valence-electron chi connectivity index (χ4n) is 1.08. The predicted molar refractivity (Wildman–Crippen MR) is 48.5 cm³/mol. The molecule has 0 fully saturated rings. The smallest absolute Gasteiger partial charge is 0.280 e. The number of hydrogen-bond donors (Lipinski definition) is 1. The Morgan fingerprint density at radius 3 is 2.93 bits per heavy atom. The summed E-state index contributed by atoms with van der Waals surface area (Å²) in [4.78, 5) is 14.9. The summed E-state index contributed by atoms with van der Waals surface area (Å²) in [5.41, 5.74) is -0.917. The fourth-order valence-corrected chi connectivity index (χ4v) is 1.45. The Morgan fingerprint density at radius 1 is 1.57 bits per heavy atom. The Balaban J connectivity index is 2.82. The van der Waals surface area contributed by atoms with Gasteiger partial charge < -0.3 is 0 Å². The first kappa shape index (κ1) is 9.32. The standard InChI is InChI=1S/C7H4BrF2N3O/c8-3-2-11-13-5(14)1-4(6(9)10)12-7(3)13/h1-2,6,11H. The van der Waals surface area contributed by atoms with Crippen LogP contribution in [0.1, 0.15) is 12.1 Å². The first-order valence-electron chi connectivity index (χ1n) is 3.64. The summed E-state index contributed by atoms with van der Waals surface area (Å²) in [6.07, 6.45) is -1.28. The number of nitrogens with zero attached hydrogens (tertiary/aromatic N) is 2. The van der Waals surface area contributed by atoms with Crippen LogP contribution >= 0.6 is 15.9 Å². The van der Waals surface area contributed by atoms with Crippen LogP contribution in [0.3, 0.4) is 0 Å². The molecule has 0 aliphatic heterocycles. The van der Waals surface area contributed by atoms with Crippen LogP contribution in [0.4, 0.5) is 8.78 Å². The van der Waals surface area contributed by atoms with E-state index in [1.807, 2.05) is 0 Å². The van der Waals surface area contributed by atoms with Gasteiger partial charge in [-0.1, -0.05) is 0 Å². The zero-order valence-corrected chi connectivity index (χ0v) is 8.25. The van der Waals surface area contributed by atoms with E-state index in [-0.39, 0.29) is 5.65 Å². The fraction of sp³-hybridized carbons (Fsp3) is 0.143. The average molecular weight is 264 g/mol. The van der Waals surface area contributed by atoms with Gasteiger partial charge in [0.1, 0.15) is 5.69 Å². The van der Waals surface area contributed by atoms with E-state index in [1.54, 1.807) is 0 Å². The third-order valence-electron chi connectivity index (χ3n) is 1.70. The quantitative estimate of drug-likeness (QED) is 0.852. The van der Waals surface area contributed by atoms with Crippen LogP contribution in [0.25, 0.3) is 5.65 Å². The van der Waals surface area contributed by atoms with Gasteiger partial charge in [-0.2, -0.15) is 0 Å². The molecule has 0 spiro atoms. The van der Waals surface area contributed by atoms with Gasteiger partial charge >= 0.3 is 0 Å². The van der Waals surface area contributed by atoms with Crippen molar-refractivity contribution in [3.05, 3.63) is 32.8 Å². The molecule has 0 aromatic carbocycles. The average Bonchev–Trinajstić information content (AvgIpc) is 2.48. The molecule has 0 aliphatic rings. The topological polar surface area (TPSA) is 50.2 Å². The van der Waals surface area contributed by atoms with E-state index < -0.39 is 17.7 Å².